The van der Waals surface area contributed by atoms with Gasteiger partial charge in [0.15, 0.2) is 11.0 Å². The van der Waals surface area contributed by atoms with Gasteiger partial charge in [0, 0.05) is 17.1 Å². The summed E-state index contributed by atoms with van der Waals surface area (Å²) in [4.78, 5) is 47.0. The van der Waals surface area contributed by atoms with E-state index in [1.807, 2.05) is 87.5 Å². The number of amides is 2. The van der Waals surface area contributed by atoms with Crippen LogP contribution in [-0.2, 0) is 23.4 Å². The van der Waals surface area contributed by atoms with E-state index in [0.717, 1.165) is 27.8 Å². The zero-order valence-corrected chi connectivity index (χ0v) is 24.2. The molecule has 0 aliphatic carbocycles. The molecule has 208 valence electrons. The topological polar surface area (TPSA) is 70.8 Å². The van der Waals surface area contributed by atoms with Crippen LogP contribution in [0.3, 0.4) is 0 Å². The number of fused-ring (bicyclic) bond motifs is 5. The molecule has 2 aliphatic heterocycles. The number of anilines is 1. The van der Waals surface area contributed by atoms with E-state index in [-0.39, 0.29) is 29.8 Å². The van der Waals surface area contributed by atoms with E-state index >= 15 is 0 Å². The highest BCUT2D eigenvalue weighted by Crippen LogP contribution is 2.53. The summed E-state index contributed by atoms with van der Waals surface area (Å²) < 4.78 is 6.26. The maximum Gasteiger partial charge on any atom is 0.291 e. The first-order chi connectivity index (χ1) is 20.2. The van der Waals surface area contributed by atoms with Crippen LogP contribution in [0.4, 0.5) is 5.69 Å². The lowest BCUT2D eigenvalue weighted by Crippen LogP contribution is -2.52. The Hall–Kier alpha value is -4.68. The van der Waals surface area contributed by atoms with E-state index in [4.69, 9.17) is 16.0 Å². The molecule has 0 N–H and O–H groups in total. The number of carbonyl (C=O) groups excluding carboxylic acids is 2. The highest BCUT2D eigenvalue weighted by Gasteiger charge is 2.65. The Labute approximate surface area is 247 Å². The predicted molar refractivity (Wildman–Crippen MR) is 163 cm³/mol. The minimum atomic E-state index is -1.71. The molecule has 2 amide bonds. The Morgan fingerprint density at radius 1 is 0.810 bits per heavy atom. The van der Waals surface area contributed by atoms with Crippen LogP contribution in [0.5, 0.6) is 0 Å². The molecule has 3 heterocycles. The van der Waals surface area contributed by atoms with Crippen molar-refractivity contribution in [2.75, 3.05) is 4.90 Å². The summed E-state index contributed by atoms with van der Waals surface area (Å²) >= 11 is 6.53. The second-order valence-electron chi connectivity index (χ2n) is 11.2. The van der Waals surface area contributed by atoms with Gasteiger partial charge in [-0.3, -0.25) is 14.4 Å². The highest BCUT2D eigenvalue weighted by molar-refractivity contribution is 6.31. The fourth-order valence-electron chi connectivity index (χ4n) is 6.30. The molecular formula is C35H27ClN2O4. The Bertz CT molecular complexity index is 2010. The predicted octanol–water partition coefficient (Wildman–Crippen LogP) is 6.82. The molecule has 0 radical (unpaired) electrons. The maximum atomic E-state index is 15.0. The Morgan fingerprint density at radius 3 is 2.26 bits per heavy atom. The van der Waals surface area contributed by atoms with Gasteiger partial charge >= 0.3 is 0 Å². The quantitative estimate of drug-likeness (QED) is 0.236. The van der Waals surface area contributed by atoms with Crippen LogP contribution >= 0.6 is 11.6 Å². The van der Waals surface area contributed by atoms with Crippen molar-refractivity contribution in [2.45, 2.75) is 39.4 Å². The number of rotatable bonds is 4. The van der Waals surface area contributed by atoms with Gasteiger partial charge in [0.1, 0.15) is 5.58 Å². The molecule has 7 heteroatoms. The first kappa shape index (κ1) is 26.2. The first-order valence-electron chi connectivity index (χ1n) is 13.8. The van der Waals surface area contributed by atoms with Gasteiger partial charge in [-0.25, -0.2) is 0 Å². The van der Waals surface area contributed by atoms with E-state index in [9.17, 15) is 14.4 Å². The van der Waals surface area contributed by atoms with Gasteiger partial charge in [0.25, 0.3) is 11.8 Å². The third-order valence-electron chi connectivity index (χ3n) is 8.60. The van der Waals surface area contributed by atoms with Crippen molar-refractivity contribution in [3.63, 3.8) is 0 Å². The van der Waals surface area contributed by atoms with Crippen LogP contribution in [0.2, 0.25) is 5.02 Å². The van der Waals surface area contributed by atoms with Crippen molar-refractivity contribution >= 4 is 40.1 Å². The first-order valence-corrected chi connectivity index (χ1v) is 14.2. The second kappa shape index (κ2) is 9.43. The summed E-state index contributed by atoms with van der Waals surface area (Å²) in [7, 11) is 0. The molecule has 5 aromatic rings. The van der Waals surface area contributed by atoms with E-state index in [2.05, 4.69) is 0 Å². The van der Waals surface area contributed by atoms with Crippen LogP contribution in [-0.4, -0.2) is 16.7 Å². The van der Waals surface area contributed by atoms with E-state index in [0.29, 0.717) is 27.2 Å². The fraction of sp³-hybridized carbons (Fsp3) is 0.171. The number of para-hydroxylation sites is 1. The zero-order valence-electron chi connectivity index (χ0n) is 23.4. The highest BCUT2D eigenvalue weighted by atomic mass is 35.5. The van der Waals surface area contributed by atoms with Gasteiger partial charge < -0.3 is 14.2 Å². The minimum Gasteiger partial charge on any atom is -0.450 e. The molecule has 0 fully saturated rings. The van der Waals surface area contributed by atoms with Crippen LogP contribution in [0.25, 0.3) is 11.0 Å². The monoisotopic (exact) mass is 574 g/mol. The molecule has 1 unspecified atom stereocenters. The molecule has 1 atom stereocenters. The van der Waals surface area contributed by atoms with E-state index in [1.165, 1.54) is 4.90 Å². The zero-order chi connectivity index (χ0) is 29.3. The SMILES string of the molecule is Cc1ccc(CN2C(=O)c3oc4cc(C)c(C)cc4c(=O)c3C23C(=O)N(Cc2ccccc2Cl)c2ccccc23)cc1. The fourth-order valence-corrected chi connectivity index (χ4v) is 6.49. The summed E-state index contributed by atoms with van der Waals surface area (Å²) in [6.45, 7) is 6.13. The van der Waals surface area contributed by atoms with Gasteiger partial charge in [0.05, 0.1) is 23.2 Å². The van der Waals surface area contributed by atoms with Crippen LogP contribution in [0.15, 0.2) is 94.1 Å². The Morgan fingerprint density at radius 2 is 1.50 bits per heavy atom. The lowest BCUT2D eigenvalue weighted by atomic mass is 9.83. The molecule has 1 spiro atoms. The van der Waals surface area contributed by atoms with Crippen molar-refractivity contribution in [1.82, 2.24) is 4.90 Å². The van der Waals surface area contributed by atoms with Gasteiger partial charge in [0.2, 0.25) is 5.76 Å². The molecule has 0 bridgehead atoms. The lowest BCUT2D eigenvalue weighted by molar-refractivity contribution is -0.126. The number of carbonyl (C=O) groups is 2. The van der Waals surface area contributed by atoms with Crippen LogP contribution in [0.1, 0.15) is 49.5 Å². The van der Waals surface area contributed by atoms with Crippen molar-refractivity contribution in [1.29, 1.82) is 0 Å². The summed E-state index contributed by atoms with van der Waals surface area (Å²) in [5, 5.41) is 0.871. The minimum absolute atomic E-state index is 0.0643. The van der Waals surface area contributed by atoms with Crippen molar-refractivity contribution in [3.05, 3.63) is 145 Å². The van der Waals surface area contributed by atoms with Crippen molar-refractivity contribution < 1.29 is 14.0 Å². The molecular weight excluding hydrogens is 548 g/mol. The largest absolute Gasteiger partial charge is 0.450 e. The maximum absolute atomic E-state index is 15.0. The smallest absolute Gasteiger partial charge is 0.291 e. The molecule has 4 aromatic carbocycles. The molecule has 1 aromatic heterocycles. The van der Waals surface area contributed by atoms with Crippen LogP contribution in [0, 0.1) is 20.8 Å². The van der Waals surface area contributed by atoms with Crippen LogP contribution < -0.4 is 10.3 Å². The normalized spacial score (nSPS) is 17.4. The molecule has 0 saturated carbocycles. The molecule has 42 heavy (non-hydrogen) atoms. The second-order valence-corrected chi connectivity index (χ2v) is 11.6. The van der Waals surface area contributed by atoms with E-state index in [1.54, 1.807) is 23.1 Å². The molecule has 2 aliphatic rings. The number of hydrogen-bond donors (Lipinski definition) is 0. The number of nitrogens with zero attached hydrogens (tertiary/aromatic N) is 2. The number of aryl methyl sites for hydroxylation is 3. The van der Waals surface area contributed by atoms with Crippen molar-refractivity contribution in [3.8, 4) is 0 Å². The summed E-state index contributed by atoms with van der Waals surface area (Å²) in [5.74, 6) is -0.977. The summed E-state index contributed by atoms with van der Waals surface area (Å²) in [6.07, 6.45) is 0. The Kier molecular flexibility index (Phi) is 5.89. The molecule has 6 nitrogen and oxygen atoms in total. The van der Waals surface area contributed by atoms with Gasteiger partial charge in [-0.2, -0.15) is 0 Å². The number of benzene rings is 4. The standard InChI is InChI=1S/C35H27ClN2O4/c1-20-12-14-23(15-13-20)18-38-33(40)32-30(31(39)25-16-21(2)22(3)17-29(25)42-32)35(38)26-9-5-7-11-28(26)37(34(35)41)19-24-8-4-6-10-27(24)36/h4-17H,18-19H2,1-3H3. The lowest BCUT2D eigenvalue weighted by Gasteiger charge is -2.34. The average molecular weight is 575 g/mol. The molecule has 0 saturated heterocycles. The molecule has 7 rings (SSSR count). The summed E-state index contributed by atoms with van der Waals surface area (Å²) in [6, 6.07) is 26.1. The third kappa shape index (κ3) is 3.61. The van der Waals surface area contributed by atoms with Crippen molar-refractivity contribution in [2.24, 2.45) is 0 Å². The average Bonchev–Trinajstić information content (AvgIpc) is 3.37. The van der Waals surface area contributed by atoms with E-state index < -0.39 is 17.4 Å². The van der Waals surface area contributed by atoms with Gasteiger partial charge in [-0.15, -0.1) is 0 Å². The van der Waals surface area contributed by atoms with Gasteiger partial charge in [-0.05, 0) is 67.3 Å². The number of halogens is 1. The summed E-state index contributed by atoms with van der Waals surface area (Å²) in [5.41, 5.74) is 4.02. The van der Waals surface area contributed by atoms with Gasteiger partial charge in [-0.1, -0.05) is 77.8 Å². The Balaban J connectivity index is 1.52. The number of hydrogen-bond acceptors (Lipinski definition) is 4. The third-order valence-corrected chi connectivity index (χ3v) is 8.97.